The fourth-order valence-electron chi connectivity index (χ4n) is 2.77. The first kappa shape index (κ1) is 12.4. The van der Waals surface area contributed by atoms with Crippen LogP contribution in [0, 0.1) is 11.7 Å². The maximum absolute atomic E-state index is 12.8. The number of nitrogens with one attached hydrogen (secondary N) is 1. The fourth-order valence-corrected chi connectivity index (χ4v) is 2.77. The second kappa shape index (κ2) is 5.05. The molecule has 1 aromatic rings. The highest BCUT2D eigenvalue weighted by Crippen LogP contribution is 2.38. The first-order valence-electron chi connectivity index (χ1n) is 6.41. The summed E-state index contributed by atoms with van der Waals surface area (Å²) in [4.78, 5) is 0. The Morgan fingerprint density at radius 2 is 2.12 bits per heavy atom. The van der Waals surface area contributed by atoms with E-state index in [1.165, 1.54) is 25.0 Å². The van der Waals surface area contributed by atoms with E-state index < -0.39 is 0 Å². The molecule has 0 radical (unpaired) electrons. The summed E-state index contributed by atoms with van der Waals surface area (Å²) in [6, 6.07) is 6.54. The van der Waals surface area contributed by atoms with Crippen molar-refractivity contribution in [1.29, 1.82) is 0 Å². The number of halogens is 1. The molecule has 0 amide bonds. The van der Waals surface area contributed by atoms with Crippen LogP contribution in [-0.4, -0.2) is 12.1 Å². The van der Waals surface area contributed by atoms with E-state index in [2.05, 4.69) is 12.2 Å². The molecule has 1 aliphatic rings. The summed E-state index contributed by atoms with van der Waals surface area (Å²) in [6.45, 7) is 2.87. The van der Waals surface area contributed by atoms with Crippen LogP contribution in [0.25, 0.3) is 0 Å². The molecule has 3 N–H and O–H groups in total. The lowest BCUT2D eigenvalue weighted by molar-refractivity contribution is 0.449. The van der Waals surface area contributed by atoms with Gasteiger partial charge in [0.2, 0.25) is 0 Å². The smallest absolute Gasteiger partial charge is 0.123 e. The monoisotopic (exact) mass is 236 g/mol. The number of rotatable bonds is 4. The molecule has 1 aromatic carbocycles. The first-order chi connectivity index (χ1) is 8.17. The summed E-state index contributed by atoms with van der Waals surface area (Å²) in [7, 11) is 0. The summed E-state index contributed by atoms with van der Waals surface area (Å²) >= 11 is 0. The molecule has 2 rings (SSSR count). The van der Waals surface area contributed by atoms with Gasteiger partial charge in [0.25, 0.3) is 0 Å². The van der Waals surface area contributed by atoms with Crippen LogP contribution in [0.5, 0.6) is 0 Å². The SMILES string of the molecule is CCC1CCC(CN)(Nc2ccc(F)cc2)C1. The number of hydrogen-bond donors (Lipinski definition) is 2. The molecule has 0 heterocycles. The largest absolute Gasteiger partial charge is 0.378 e. The maximum Gasteiger partial charge on any atom is 0.123 e. The zero-order chi connectivity index (χ0) is 12.3. The summed E-state index contributed by atoms with van der Waals surface area (Å²) < 4.78 is 12.8. The lowest BCUT2D eigenvalue weighted by Gasteiger charge is -2.30. The minimum Gasteiger partial charge on any atom is -0.378 e. The van der Waals surface area contributed by atoms with Crippen LogP contribution in [-0.2, 0) is 0 Å². The second-order valence-corrected chi connectivity index (χ2v) is 5.13. The quantitative estimate of drug-likeness (QED) is 0.842. The lowest BCUT2D eigenvalue weighted by atomic mass is 9.94. The van der Waals surface area contributed by atoms with E-state index in [0.717, 1.165) is 24.4 Å². The van der Waals surface area contributed by atoms with Gasteiger partial charge in [-0.2, -0.15) is 0 Å². The zero-order valence-corrected chi connectivity index (χ0v) is 10.4. The molecule has 94 valence electrons. The molecular formula is C14H21FN2. The number of benzene rings is 1. The minimum absolute atomic E-state index is 0.0124. The van der Waals surface area contributed by atoms with Gasteiger partial charge in [-0.05, 0) is 49.4 Å². The van der Waals surface area contributed by atoms with E-state index in [1.54, 1.807) is 12.1 Å². The molecule has 2 atom stereocenters. The standard InChI is InChI=1S/C14H21FN2/c1-2-11-7-8-14(9-11,10-16)17-13-5-3-12(15)4-6-13/h3-6,11,17H,2,7-10,16H2,1H3. The average Bonchev–Trinajstić information content (AvgIpc) is 2.76. The van der Waals surface area contributed by atoms with Gasteiger partial charge in [-0.1, -0.05) is 13.3 Å². The summed E-state index contributed by atoms with van der Waals surface area (Å²) in [5.41, 5.74) is 6.91. The van der Waals surface area contributed by atoms with E-state index in [-0.39, 0.29) is 11.4 Å². The number of nitrogens with two attached hydrogens (primary N) is 1. The molecular weight excluding hydrogens is 215 g/mol. The Morgan fingerprint density at radius 1 is 1.41 bits per heavy atom. The van der Waals surface area contributed by atoms with Gasteiger partial charge in [-0.3, -0.25) is 0 Å². The van der Waals surface area contributed by atoms with Crippen molar-refractivity contribution in [3.8, 4) is 0 Å². The van der Waals surface area contributed by atoms with Crippen molar-refractivity contribution in [3.05, 3.63) is 30.1 Å². The van der Waals surface area contributed by atoms with Crippen molar-refractivity contribution < 1.29 is 4.39 Å². The Morgan fingerprint density at radius 3 is 2.65 bits per heavy atom. The van der Waals surface area contributed by atoms with Gasteiger partial charge in [0, 0.05) is 17.8 Å². The molecule has 1 fully saturated rings. The van der Waals surface area contributed by atoms with Gasteiger partial charge in [0.1, 0.15) is 5.82 Å². The molecule has 17 heavy (non-hydrogen) atoms. The topological polar surface area (TPSA) is 38.0 Å². The Kier molecular flexibility index (Phi) is 3.67. The van der Waals surface area contributed by atoms with E-state index in [0.29, 0.717) is 6.54 Å². The molecule has 2 unspecified atom stereocenters. The summed E-state index contributed by atoms with van der Waals surface area (Å²) in [5, 5.41) is 3.50. The van der Waals surface area contributed by atoms with Crippen LogP contribution in [0.1, 0.15) is 32.6 Å². The molecule has 3 heteroatoms. The van der Waals surface area contributed by atoms with E-state index in [4.69, 9.17) is 5.73 Å². The van der Waals surface area contributed by atoms with Crippen molar-refractivity contribution in [2.45, 2.75) is 38.1 Å². The third-order valence-corrected chi connectivity index (χ3v) is 3.93. The van der Waals surface area contributed by atoms with Gasteiger partial charge in [0.05, 0.1) is 0 Å². The Bertz CT molecular complexity index is 363. The van der Waals surface area contributed by atoms with Crippen molar-refractivity contribution in [1.82, 2.24) is 0 Å². The Hall–Kier alpha value is -1.09. The van der Waals surface area contributed by atoms with Crippen molar-refractivity contribution in [3.63, 3.8) is 0 Å². The molecule has 0 aliphatic heterocycles. The predicted molar refractivity (Wildman–Crippen MR) is 69.4 cm³/mol. The van der Waals surface area contributed by atoms with Gasteiger partial charge in [0.15, 0.2) is 0 Å². The van der Waals surface area contributed by atoms with Crippen molar-refractivity contribution >= 4 is 5.69 Å². The molecule has 0 spiro atoms. The van der Waals surface area contributed by atoms with Gasteiger partial charge in [-0.25, -0.2) is 4.39 Å². The first-order valence-corrected chi connectivity index (χ1v) is 6.41. The normalized spacial score (nSPS) is 28.3. The Labute approximate surface area is 102 Å². The van der Waals surface area contributed by atoms with Crippen LogP contribution in [0.3, 0.4) is 0 Å². The lowest BCUT2D eigenvalue weighted by Crippen LogP contribution is -2.43. The van der Waals surface area contributed by atoms with Gasteiger partial charge in [-0.15, -0.1) is 0 Å². The van der Waals surface area contributed by atoms with Gasteiger partial charge < -0.3 is 11.1 Å². The predicted octanol–water partition coefficient (Wildman–Crippen LogP) is 3.15. The van der Waals surface area contributed by atoms with Crippen LogP contribution in [0.2, 0.25) is 0 Å². The van der Waals surface area contributed by atoms with Crippen LogP contribution < -0.4 is 11.1 Å². The highest BCUT2D eigenvalue weighted by atomic mass is 19.1. The second-order valence-electron chi connectivity index (χ2n) is 5.13. The highest BCUT2D eigenvalue weighted by Gasteiger charge is 2.37. The minimum atomic E-state index is -0.199. The molecule has 1 aliphatic carbocycles. The van der Waals surface area contributed by atoms with Crippen LogP contribution >= 0.6 is 0 Å². The summed E-state index contributed by atoms with van der Waals surface area (Å²) in [6.07, 6.45) is 4.69. The zero-order valence-electron chi connectivity index (χ0n) is 10.4. The van der Waals surface area contributed by atoms with E-state index >= 15 is 0 Å². The summed E-state index contributed by atoms with van der Waals surface area (Å²) in [5.74, 6) is 0.571. The van der Waals surface area contributed by atoms with Crippen LogP contribution in [0.4, 0.5) is 10.1 Å². The van der Waals surface area contributed by atoms with Crippen molar-refractivity contribution in [2.75, 3.05) is 11.9 Å². The third kappa shape index (κ3) is 2.78. The van der Waals surface area contributed by atoms with Gasteiger partial charge >= 0.3 is 0 Å². The fraction of sp³-hybridized carbons (Fsp3) is 0.571. The highest BCUT2D eigenvalue weighted by molar-refractivity contribution is 5.46. The molecule has 0 bridgehead atoms. The molecule has 0 saturated heterocycles. The average molecular weight is 236 g/mol. The van der Waals surface area contributed by atoms with Crippen LogP contribution in [0.15, 0.2) is 24.3 Å². The van der Waals surface area contributed by atoms with E-state index in [9.17, 15) is 4.39 Å². The molecule has 2 nitrogen and oxygen atoms in total. The molecule has 0 aromatic heterocycles. The number of hydrogen-bond acceptors (Lipinski definition) is 2. The van der Waals surface area contributed by atoms with Crippen molar-refractivity contribution in [2.24, 2.45) is 11.7 Å². The molecule has 1 saturated carbocycles. The van der Waals surface area contributed by atoms with E-state index in [1.807, 2.05) is 0 Å². The third-order valence-electron chi connectivity index (χ3n) is 3.93. The number of anilines is 1. The maximum atomic E-state index is 12.8. The Balaban J connectivity index is 2.07.